The number of carbonyl (C=O) groups is 1. The van der Waals surface area contributed by atoms with Crippen molar-refractivity contribution in [3.8, 4) is 0 Å². The zero-order valence-electron chi connectivity index (χ0n) is 15.4. The van der Waals surface area contributed by atoms with Gasteiger partial charge in [0.25, 0.3) is 5.56 Å². The molecule has 1 saturated heterocycles. The van der Waals surface area contributed by atoms with Crippen LogP contribution in [0, 0.1) is 0 Å². The van der Waals surface area contributed by atoms with Crippen LogP contribution in [0.5, 0.6) is 0 Å². The van der Waals surface area contributed by atoms with Gasteiger partial charge in [-0.05, 0) is 11.6 Å². The van der Waals surface area contributed by atoms with E-state index in [4.69, 9.17) is 0 Å². The minimum atomic E-state index is -0.245. The lowest BCUT2D eigenvalue weighted by atomic mass is 10.2. The van der Waals surface area contributed by atoms with E-state index in [0.29, 0.717) is 49.4 Å². The molecule has 3 heterocycles. The Bertz CT molecular complexity index is 1070. The van der Waals surface area contributed by atoms with Crippen LogP contribution in [0.2, 0.25) is 0 Å². The van der Waals surface area contributed by atoms with Crippen LogP contribution >= 0.6 is 0 Å². The molecule has 3 aromatic rings. The van der Waals surface area contributed by atoms with Gasteiger partial charge in [0, 0.05) is 26.2 Å². The average molecular weight is 376 g/mol. The van der Waals surface area contributed by atoms with Gasteiger partial charge in [0.1, 0.15) is 17.7 Å². The third-order valence-electron chi connectivity index (χ3n) is 4.87. The van der Waals surface area contributed by atoms with E-state index in [9.17, 15) is 9.59 Å². The standard InChI is InChI=1S/C20H20N6O2/c1-2-17(27)24-8-10-25(11-9-24)19-16-12-23-26(13-15-6-4-3-5-7-15)20(28)18(16)21-14-22-19/h2-7,12,14H,1,8-11,13H2. The second-order valence-corrected chi connectivity index (χ2v) is 6.57. The molecule has 4 rings (SSSR count). The molecule has 8 nitrogen and oxygen atoms in total. The van der Waals surface area contributed by atoms with E-state index in [1.54, 1.807) is 11.1 Å². The molecule has 0 atom stereocenters. The number of benzene rings is 1. The molecule has 2 aromatic heterocycles. The van der Waals surface area contributed by atoms with Crippen molar-refractivity contribution in [1.82, 2.24) is 24.6 Å². The summed E-state index contributed by atoms with van der Waals surface area (Å²) < 4.78 is 1.41. The van der Waals surface area contributed by atoms with Gasteiger partial charge in [-0.3, -0.25) is 9.59 Å². The molecule has 0 saturated carbocycles. The number of amides is 1. The lowest BCUT2D eigenvalue weighted by molar-refractivity contribution is -0.126. The van der Waals surface area contributed by atoms with E-state index in [2.05, 4.69) is 26.5 Å². The number of piperazine rings is 1. The van der Waals surface area contributed by atoms with Crippen LogP contribution in [-0.4, -0.2) is 56.7 Å². The predicted octanol–water partition coefficient (Wildman–Crippen LogP) is 1.07. The van der Waals surface area contributed by atoms with Crippen molar-refractivity contribution < 1.29 is 4.79 Å². The summed E-state index contributed by atoms with van der Waals surface area (Å²) in [5.41, 5.74) is 1.10. The summed E-state index contributed by atoms with van der Waals surface area (Å²) in [6.07, 6.45) is 4.39. The molecule has 1 fully saturated rings. The molecule has 1 amide bonds. The molecular formula is C20H20N6O2. The second-order valence-electron chi connectivity index (χ2n) is 6.57. The number of rotatable bonds is 4. The first-order valence-electron chi connectivity index (χ1n) is 9.08. The fourth-order valence-corrected chi connectivity index (χ4v) is 3.37. The second kappa shape index (κ2) is 7.59. The summed E-state index contributed by atoms with van der Waals surface area (Å²) in [6, 6.07) is 9.69. The zero-order valence-corrected chi connectivity index (χ0v) is 15.4. The van der Waals surface area contributed by atoms with Crippen molar-refractivity contribution >= 4 is 22.6 Å². The molecule has 8 heteroatoms. The van der Waals surface area contributed by atoms with Gasteiger partial charge >= 0.3 is 0 Å². The lowest BCUT2D eigenvalue weighted by Crippen LogP contribution is -2.48. The molecule has 0 spiro atoms. The molecule has 0 aliphatic carbocycles. The van der Waals surface area contributed by atoms with Gasteiger partial charge in [-0.15, -0.1) is 0 Å². The van der Waals surface area contributed by atoms with Gasteiger partial charge < -0.3 is 9.80 Å². The fraction of sp³-hybridized carbons (Fsp3) is 0.250. The van der Waals surface area contributed by atoms with Crippen molar-refractivity contribution in [2.45, 2.75) is 6.54 Å². The van der Waals surface area contributed by atoms with Gasteiger partial charge in [-0.25, -0.2) is 14.6 Å². The molecule has 0 N–H and O–H groups in total. The normalized spacial score (nSPS) is 14.3. The first-order valence-corrected chi connectivity index (χ1v) is 9.08. The van der Waals surface area contributed by atoms with Crippen LogP contribution in [-0.2, 0) is 11.3 Å². The molecule has 1 aromatic carbocycles. The molecule has 1 aliphatic rings. The first kappa shape index (κ1) is 17.8. The van der Waals surface area contributed by atoms with Crippen molar-refractivity contribution in [2.75, 3.05) is 31.1 Å². The quantitative estimate of drug-likeness (QED) is 0.634. The van der Waals surface area contributed by atoms with Gasteiger partial charge in [-0.1, -0.05) is 36.9 Å². The van der Waals surface area contributed by atoms with Crippen LogP contribution in [0.1, 0.15) is 5.56 Å². The SMILES string of the molecule is C=CC(=O)N1CCN(c2ncnc3c(=O)n(Cc4ccccc4)ncc23)CC1. The Labute approximate surface area is 161 Å². The van der Waals surface area contributed by atoms with Gasteiger partial charge in [0.2, 0.25) is 5.91 Å². The Morgan fingerprint density at radius 2 is 1.86 bits per heavy atom. The molecule has 1 aliphatic heterocycles. The monoisotopic (exact) mass is 376 g/mol. The summed E-state index contributed by atoms with van der Waals surface area (Å²) in [6.45, 7) is 6.32. The molecule has 28 heavy (non-hydrogen) atoms. The first-order chi connectivity index (χ1) is 13.7. The Morgan fingerprint density at radius 3 is 2.57 bits per heavy atom. The van der Waals surface area contributed by atoms with Crippen molar-refractivity contribution in [3.05, 3.63) is 71.4 Å². The highest BCUT2D eigenvalue weighted by Gasteiger charge is 2.22. The molecular weight excluding hydrogens is 356 g/mol. The molecule has 0 radical (unpaired) electrons. The van der Waals surface area contributed by atoms with Crippen molar-refractivity contribution in [3.63, 3.8) is 0 Å². The number of carbonyl (C=O) groups excluding carboxylic acids is 1. The number of hydrogen-bond acceptors (Lipinski definition) is 6. The van der Waals surface area contributed by atoms with Gasteiger partial charge in [0.15, 0.2) is 0 Å². The van der Waals surface area contributed by atoms with E-state index < -0.39 is 0 Å². The third kappa shape index (κ3) is 3.36. The van der Waals surface area contributed by atoms with Crippen LogP contribution < -0.4 is 10.5 Å². The summed E-state index contributed by atoms with van der Waals surface area (Å²) in [4.78, 5) is 37.0. The summed E-state index contributed by atoms with van der Waals surface area (Å²) in [7, 11) is 0. The average Bonchev–Trinajstić information content (AvgIpc) is 2.76. The van der Waals surface area contributed by atoms with E-state index >= 15 is 0 Å². The minimum absolute atomic E-state index is 0.0716. The number of aromatic nitrogens is 4. The van der Waals surface area contributed by atoms with Gasteiger partial charge in [-0.2, -0.15) is 5.10 Å². The number of fused-ring (bicyclic) bond motifs is 1. The van der Waals surface area contributed by atoms with Gasteiger partial charge in [0.05, 0.1) is 18.1 Å². The topological polar surface area (TPSA) is 84.2 Å². The predicted molar refractivity (Wildman–Crippen MR) is 106 cm³/mol. The van der Waals surface area contributed by atoms with E-state index in [0.717, 1.165) is 5.56 Å². The smallest absolute Gasteiger partial charge is 0.293 e. The van der Waals surface area contributed by atoms with Crippen LogP contribution in [0.4, 0.5) is 5.82 Å². The Balaban J connectivity index is 1.63. The van der Waals surface area contributed by atoms with Crippen LogP contribution in [0.15, 0.2) is 60.3 Å². The van der Waals surface area contributed by atoms with E-state index in [1.807, 2.05) is 30.3 Å². The van der Waals surface area contributed by atoms with Crippen molar-refractivity contribution in [2.24, 2.45) is 0 Å². The maximum absolute atomic E-state index is 12.9. The molecule has 0 unspecified atom stereocenters. The largest absolute Gasteiger partial charge is 0.352 e. The minimum Gasteiger partial charge on any atom is -0.352 e. The lowest BCUT2D eigenvalue weighted by Gasteiger charge is -2.35. The summed E-state index contributed by atoms with van der Waals surface area (Å²) in [5.74, 6) is 0.602. The maximum atomic E-state index is 12.9. The third-order valence-corrected chi connectivity index (χ3v) is 4.87. The number of nitrogens with zero attached hydrogens (tertiary/aromatic N) is 6. The highest BCUT2D eigenvalue weighted by atomic mass is 16.2. The van der Waals surface area contributed by atoms with E-state index in [1.165, 1.54) is 17.1 Å². The molecule has 0 bridgehead atoms. The summed E-state index contributed by atoms with van der Waals surface area (Å²) >= 11 is 0. The number of anilines is 1. The Morgan fingerprint density at radius 1 is 1.11 bits per heavy atom. The summed E-state index contributed by atoms with van der Waals surface area (Å²) in [5, 5.41) is 4.96. The van der Waals surface area contributed by atoms with Crippen LogP contribution in [0.3, 0.4) is 0 Å². The van der Waals surface area contributed by atoms with Crippen LogP contribution in [0.25, 0.3) is 10.9 Å². The number of hydrogen-bond donors (Lipinski definition) is 0. The Kier molecular flexibility index (Phi) is 4.84. The highest BCUT2D eigenvalue weighted by molar-refractivity contribution is 5.89. The highest BCUT2D eigenvalue weighted by Crippen LogP contribution is 2.21. The van der Waals surface area contributed by atoms with E-state index in [-0.39, 0.29) is 11.5 Å². The fourth-order valence-electron chi connectivity index (χ4n) is 3.37. The maximum Gasteiger partial charge on any atom is 0.293 e. The molecule has 142 valence electrons. The Hall–Kier alpha value is -3.55. The zero-order chi connectivity index (χ0) is 19.5. The van der Waals surface area contributed by atoms with Crippen molar-refractivity contribution in [1.29, 1.82) is 0 Å².